The lowest BCUT2D eigenvalue weighted by molar-refractivity contribution is -0.140. The molecule has 2 aliphatic carbocycles. The summed E-state index contributed by atoms with van der Waals surface area (Å²) in [6, 6.07) is 0. The fraction of sp³-hybridized carbons (Fsp3) is 0.500. The largest absolute Gasteiger partial charge is 0.477 e. The molecule has 0 aliphatic heterocycles. The molecule has 4 nitrogen and oxygen atoms in total. The summed E-state index contributed by atoms with van der Waals surface area (Å²) in [7, 11) is 0. The predicted octanol–water partition coefficient (Wildman–Crippen LogP) is 3.16. The minimum absolute atomic E-state index is 0.118. The second-order valence-corrected chi connectivity index (χ2v) is 6.40. The summed E-state index contributed by atoms with van der Waals surface area (Å²) in [6.07, 6.45) is 6.44. The van der Waals surface area contributed by atoms with Gasteiger partial charge in [-0.2, -0.15) is 0 Å². The van der Waals surface area contributed by atoms with Crippen LogP contribution in [-0.2, 0) is 9.59 Å². The van der Waals surface area contributed by atoms with Gasteiger partial charge in [-0.3, -0.25) is 0 Å². The van der Waals surface area contributed by atoms with Crippen molar-refractivity contribution in [2.75, 3.05) is 0 Å². The highest BCUT2D eigenvalue weighted by Gasteiger charge is 2.38. The van der Waals surface area contributed by atoms with Crippen molar-refractivity contribution in [3.63, 3.8) is 0 Å². The Hall–Kier alpha value is -1.84. The number of carboxylic acid groups (broad SMARTS) is 2. The van der Waals surface area contributed by atoms with Crippen LogP contribution in [0.4, 0.5) is 0 Å². The first-order valence-corrected chi connectivity index (χ1v) is 6.81. The summed E-state index contributed by atoms with van der Waals surface area (Å²) in [6.45, 7) is 6.22. The van der Waals surface area contributed by atoms with Gasteiger partial charge in [-0.05, 0) is 48.7 Å². The number of carbonyl (C=O) groups is 2. The van der Waals surface area contributed by atoms with Gasteiger partial charge in [-0.15, -0.1) is 0 Å². The third-order valence-corrected chi connectivity index (χ3v) is 4.32. The lowest BCUT2D eigenvalue weighted by atomic mass is 9.62. The van der Waals surface area contributed by atoms with Crippen LogP contribution in [0.15, 0.2) is 34.4 Å². The van der Waals surface area contributed by atoms with E-state index in [0.717, 1.165) is 18.4 Å². The standard InChI is InChI=1S/C16H20O4/c1-9-4-5-12-10(6-9)7-11(8-16(12,2)3)13(14(17)18)15(19)20/h6-7,12H,4-5,8H2,1-3H3,(H,17,18)(H,19,20). The van der Waals surface area contributed by atoms with E-state index >= 15 is 0 Å². The topological polar surface area (TPSA) is 74.6 Å². The van der Waals surface area contributed by atoms with Crippen molar-refractivity contribution in [3.8, 4) is 0 Å². The molecule has 108 valence electrons. The average Bonchev–Trinajstić information content (AvgIpc) is 2.25. The molecule has 0 saturated heterocycles. The van der Waals surface area contributed by atoms with Gasteiger partial charge in [0.05, 0.1) is 0 Å². The van der Waals surface area contributed by atoms with E-state index in [1.165, 1.54) is 5.57 Å². The van der Waals surface area contributed by atoms with E-state index in [9.17, 15) is 9.59 Å². The highest BCUT2D eigenvalue weighted by Crippen LogP contribution is 2.48. The minimum atomic E-state index is -1.37. The maximum absolute atomic E-state index is 11.2. The Morgan fingerprint density at radius 1 is 1.20 bits per heavy atom. The summed E-state index contributed by atoms with van der Waals surface area (Å²) < 4.78 is 0. The molecule has 2 aliphatic rings. The van der Waals surface area contributed by atoms with E-state index < -0.39 is 17.5 Å². The van der Waals surface area contributed by atoms with E-state index in [0.29, 0.717) is 17.9 Å². The van der Waals surface area contributed by atoms with Crippen LogP contribution in [0.25, 0.3) is 0 Å². The van der Waals surface area contributed by atoms with Crippen molar-refractivity contribution >= 4 is 11.9 Å². The molecule has 0 heterocycles. The maximum Gasteiger partial charge on any atom is 0.343 e. The van der Waals surface area contributed by atoms with Crippen LogP contribution in [0, 0.1) is 11.3 Å². The first-order valence-electron chi connectivity index (χ1n) is 6.81. The van der Waals surface area contributed by atoms with Gasteiger partial charge in [0, 0.05) is 0 Å². The van der Waals surface area contributed by atoms with E-state index in [1.54, 1.807) is 6.08 Å². The predicted molar refractivity (Wildman–Crippen MR) is 75.3 cm³/mol. The Labute approximate surface area is 118 Å². The number of hydrogen-bond acceptors (Lipinski definition) is 2. The number of rotatable bonds is 2. The Bertz CT molecular complexity index is 545. The molecule has 0 radical (unpaired) electrons. The zero-order valence-corrected chi connectivity index (χ0v) is 12.1. The number of allylic oxidation sites excluding steroid dienone is 5. The average molecular weight is 276 g/mol. The monoisotopic (exact) mass is 276 g/mol. The minimum Gasteiger partial charge on any atom is -0.477 e. The Kier molecular flexibility index (Phi) is 3.59. The van der Waals surface area contributed by atoms with Crippen LogP contribution in [0.3, 0.4) is 0 Å². The van der Waals surface area contributed by atoms with Gasteiger partial charge >= 0.3 is 11.9 Å². The molecule has 1 unspecified atom stereocenters. The molecule has 0 aromatic rings. The van der Waals surface area contributed by atoms with Crippen LogP contribution in [0.2, 0.25) is 0 Å². The number of hydrogen-bond donors (Lipinski definition) is 2. The lowest BCUT2D eigenvalue weighted by Crippen LogP contribution is -2.32. The third kappa shape index (κ3) is 2.55. The number of fused-ring (bicyclic) bond motifs is 1. The molecule has 0 bridgehead atoms. The Balaban J connectivity index is 2.60. The first kappa shape index (κ1) is 14.6. The van der Waals surface area contributed by atoms with Crippen molar-refractivity contribution in [3.05, 3.63) is 34.4 Å². The van der Waals surface area contributed by atoms with E-state index in [-0.39, 0.29) is 5.41 Å². The van der Waals surface area contributed by atoms with Gasteiger partial charge in [0.25, 0.3) is 0 Å². The summed E-state index contributed by atoms with van der Waals surface area (Å²) in [5.74, 6) is -2.36. The molecule has 0 saturated carbocycles. The van der Waals surface area contributed by atoms with Gasteiger partial charge in [-0.1, -0.05) is 31.6 Å². The van der Waals surface area contributed by atoms with Crippen LogP contribution < -0.4 is 0 Å². The third-order valence-electron chi connectivity index (χ3n) is 4.32. The summed E-state index contributed by atoms with van der Waals surface area (Å²) in [4.78, 5) is 22.4. The van der Waals surface area contributed by atoms with Crippen molar-refractivity contribution < 1.29 is 19.8 Å². The number of carboxylic acids is 2. The summed E-state index contributed by atoms with van der Waals surface area (Å²) in [5.41, 5.74) is 2.14. The van der Waals surface area contributed by atoms with E-state index in [4.69, 9.17) is 10.2 Å². The summed E-state index contributed by atoms with van der Waals surface area (Å²) >= 11 is 0. The van der Waals surface area contributed by atoms with Crippen molar-refractivity contribution in [1.82, 2.24) is 0 Å². The Morgan fingerprint density at radius 3 is 2.35 bits per heavy atom. The molecule has 20 heavy (non-hydrogen) atoms. The highest BCUT2D eigenvalue weighted by atomic mass is 16.4. The van der Waals surface area contributed by atoms with Crippen LogP contribution in [0.5, 0.6) is 0 Å². The molecule has 2 rings (SSSR count). The molecular weight excluding hydrogens is 256 g/mol. The molecular formula is C16H20O4. The molecule has 0 spiro atoms. The van der Waals surface area contributed by atoms with Gasteiger partial charge in [-0.25, -0.2) is 9.59 Å². The zero-order valence-electron chi connectivity index (χ0n) is 12.1. The molecule has 4 heteroatoms. The fourth-order valence-corrected chi connectivity index (χ4v) is 3.37. The molecule has 2 N–H and O–H groups in total. The van der Waals surface area contributed by atoms with Crippen LogP contribution >= 0.6 is 0 Å². The first-order chi connectivity index (χ1) is 9.22. The smallest absolute Gasteiger partial charge is 0.343 e. The molecule has 0 aromatic heterocycles. The SMILES string of the molecule is CC1=CC2=CC(=C(C(=O)O)C(=O)O)CC(C)(C)C2CC1. The fourth-order valence-electron chi connectivity index (χ4n) is 3.37. The van der Waals surface area contributed by atoms with Crippen LogP contribution in [0.1, 0.15) is 40.0 Å². The van der Waals surface area contributed by atoms with Crippen molar-refractivity contribution in [2.24, 2.45) is 11.3 Å². The Morgan fingerprint density at radius 2 is 1.80 bits per heavy atom. The van der Waals surface area contributed by atoms with E-state index in [1.807, 2.05) is 0 Å². The maximum atomic E-state index is 11.2. The van der Waals surface area contributed by atoms with Gasteiger partial charge < -0.3 is 10.2 Å². The molecule has 1 atom stereocenters. The van der Waals surface area contributed by atoms with E-state index in [2.05, 4.69) is 26.8 Å². The van der Waals surface area contributed by atoms with Gasteiger partial charge in [0.1, 0.15) is 5.57 Å². The van der Waals surface area contributed by atoms with Gasteiger partial charge in [0.15, 0.2) is 0 Å². The molecule has 0 aromatic carbocycles. The lowest BCUT2D eigenvalue weighted by Gasteiger charge is -2.42. The van der Waals surface area contributed by atoms with Gasteiger partial charge in [0.2, 0.25) is 0 Å². The molecule has 0 amide bonds. The second kappa shape index (κ2) is 4.93. The highest BCUT2D eigenvalue weighted by molar-refractivity contribution is 6.13. The van der Waals surface area contributed by atoms with Crippen molar-refractivity contribution in [2.45, 2.75) is 40.0 Å². The summed E-state index contributed by atoms with van der Waals surface area (Å²) in [5, 5.41) is 18.3. The second-order valence-electron chi connectivity index (χ2n) is 6.40. The number of aliphatic carboxylic acids is 2. The normalized spacial score (nSPS) is 24.4. The molecule has 0 fully saturated rings. The quantitative estimate of drug-likeness (QED) is 0.461. The van der Waals surface area contributed by atoms with Crippen molar-refractivity contribution in [1.29, 1.82) is 0 Å². The van der Waals surface area contributed by atoms with Crippen LogP contribution in [-0.4, -0.2) is 22.2 Å². The zero-order chi connectivity index (χ0) is 15.1.